The van der Waals surface area contributed by atoms with Crippen molar-refractivity contribution in [3.05, 3.63) is 35.0 Å². The summed E-state index contributed by atoms with van der Waals surface area (Å²) in [6.45, 7) is 8.29. The monoisotopic (exact) mass is 392 g/mol. The number of ether oxygens (including phenoxy) is 3. The van der Waals surface area contributed by atoms with E-state index >= 15 is 0 Å². The van der Waals surface area contributed by atoms with Gasteiger partial charge < -0.3 is 19.5 Å². The Labute approximate surface area is 165 Å². The van der Waals surface area contributed by atoms with Gasteiger partial charge in [0.2, 0.25) is 0 Å². The maximum Gasteiger partial charge on any atom is 0.338 e. The van der Waals surface area contributed by atoms with E-state index in [1.54, 1.807) is 39.0 Å². The fourth-order valence-corrected chi connectivity index (χ4v) is 3.61. The van der Waals surface area contributed by atoms with Crippen LogP contribution < -0.4 is 14.8 Å². The third kappa shape index (κ3) is 5.19. The lowest BCUT2D eigenvalue weighted by atomic mass is 9.95. The third-order valence-corrected chi connectivity index (χ3v) is 5.32. The largest absolute Gasteiger partial charge is 0.497 e. The molecule has 1 aliphatic rings. The number of hydrogen-bond donors (Lipinski definition) is 1. The summed E-state index contributed by atoms with van der Waals surface area (Å²) in [7, 11) is 3.20. The van der Waals surface area contributed by atoms with Gasteiger partial charge in [-0.1, -0.05) is 25.6 Å². The standard InChI is InChI=1S/C20H28N2O4S/c1-7-26-19(23)17-13(4)21-20(27-11-12(2)3)22-18(17)15-9-8-14(24-5)10-16(15)25-6/h8-10,12,18H,7,11H2,1-6H3,(H,21,22)/t18-/m0/s1. The van der Waals surface area contributed by atoms with Crippen molar-refractivity contribution in [3.8, 4) is 11.5 Å². The molecule has 0 aliphatic carbocycles. The molecule has 0 aromatic heterocycles. The number of aliphatic imine (C=N–C) groups is 1. The highest BCUT2D eigenvalue weighted by molar-refractivity contribution is 8.13. The number of esters is 1. The molecule has 0 saturated heterocycles. The van der Waals surface area contributed by atoms with Crippen molar-refractivity contribution in [2.24, 2.45) is 10.9 Å². The zero-order valence-corrected chi connectivity index (χ0v) is 17.6. The summed E-state index contributed by atoms with van der Waals surface area (Å²) in [5.74, 6) is 2.39. The van der Waals surface area contributed by atoms with Crippen molar-refractivity contribution in [3.63, 3.8) is 0 Å². The van der Waals surface area contributed by atoms with Gasteiger partial charge in [0, 0.05) is 23.1 Å². The molecule has 0 amide bonds. The Morgan fingerprint density at radius 1 is 1.30 bits per heavy atom. The number of rotatable bonds is 7. The van der Waals surface area contributed by atoms with Crippen LogP contribution in [0.5, 0.6) is 11.5 Å². The van der Waals surface area contributed by atoms with Crippen molar-refractivity contribution in [2.75, 3.05) is 26.6 Å². The summed E-state index contributed by atoms with van der Waals surface area (Å²) in [6, 6.07) is 5.02. The number of carbonyl (C=O) groups is 1. The van der Waals surface area contributed by atoms with E-state index in [4.69, 9.17) is 19.2 Å². The molecular formula is C20H28N2O4S. The second-order valence-corrected chi connectivity index (χ2v) is 7.54. The first-order valence-corrected chi connectivity index (χ1v) is 9.97. The predicted molar refractivity (Wildman–Crippen MR) is 109 cm³/mol. The van der Waals surface area contributed by atoms with Crippen molar-refractivity contribution in [2.45, 2.75) is 33.7 Å². The Kier molecular flexibility index (Phi) is 7.59. The topological polar surface area (TPSA) is 69.2 Å². The Balaban J connectivity index is 2.49. The number of methoxy groups -OCH3 is 2. The van der Waals surface area contributed by atoms with E-state index in [0.29, 0.717) is 29.6 Å². The van der Waals surface area contributed by atoms with Crippen LogP contribution in [-0.2, 0) is 9.53 Å². The summed E-state index contributed by atoms with van der Waals surface area (Å²) >= 11 is 1.64. The number of carbonyl (C=O) groups excluding carboxylic acids is 1. The fraction of sp³-hybridized carbons (Fsp3) is 0.500. The summed E-state index contributed by atoms with van der Waals surface area (Å²) in [4.78, 5) is 17.4. The molecule has 1 aromatic rings. The predicted octanol–water partition coefficient (Wildman–Crippen LogP) is 3.93. The number of amidine groups is 1. The molecule has 7 heteroatoms. The Bertz CT molecular complexity index is 743. The minimum absolute atomic E-state index is 0.306. The number of nitrogens with zero attached hydrogens (tertiary/aromatic N) is 1. The minimum atomic E-state index is -0.499. The lowest BCUT2D eigenvalue weighted by molar-refractivity contribution is -0.138. The minimum Gasteiger partial charge on any atom is -0.497 e. The molecule has 1 N–H and O–H groups in total. The van der Waals surface area contributed by atoms with E-state index in [1.807, 2.05) is 19.1 Å². The maximum atomic E-state index is 12.6. The van der Waals surface area contributed by atoms with Gasteiger partial charge in [0.05, 0.1) is 26.4 Å². The first kappa shape index (κ1) is 21.2. The number of allylic oxidation sites excluding steroid dienone is 1. The van der Waals surface area contributed by atoms with Crippen LogP contribution in [0.3, 0.4) is 0 Å². The van der Waals surface area contributed by atoms with E-state index in [0.717, 1.165) is 22.2 Å². The summed E-state index contributed by atoms with van der Waals surface area (Å²) in [6.07, 6.45) is 0. The van der Waals surface area contributed by atoms with Crippen molar-refractivity contribution in [1.29, 1.82) is 0 Å². The smallest absolute Gasteiger partial charge is 0.338 e. The van der Waals surface area contributed by atoms with E-state index < -0.39 is 6.04 Å². The van der Waals surface area contributed by atoms with Crippen LogP contribution in [0.15, 0.2) is 34.5 Å². The van der Waals surface area contributed by atoms with Gasteiger partial charge in [-0.25, -0.2) is 9.79 Å². The van der Waals surface area contributed by atoms with E-state index in [2.05, 4.69) is 19.2 Å². The van der Waals surface area contributed by atoms with Gasteiger partial charge in [0.15, 0.2) is 5.17 Å². The lowest BCUT2D eigenvalue weighted by Crippen LogP contribution is -2.31. The van der Waals surface area contributed by atoms with Crippen LogP contribution in [0.2, 0.25) is 0 Å². The molecule has 1 aromatic carbocycles. The fourth-order valence-electron chi connectivity index (χ4n) is 2.71. The van der Waals surface area contributed by atoms with Gasteiger partial charge >= 0.3 is 5.97 Å². The average Bonchev–Trinajstić information content (AvgIpc) is 2.65. The number of thioether (sulfide) groups is 1. The van der Waals surface area contributed by atoms with Gasteiger partial charge in [-0.3, -0.25) is 0 Å². The highest BCUT2D eigenvalue weighted by atomic mass is 32.2. The second-order valence-electron chi connectivity index (χ2n) is 6.53. The molecule has 0 bridgehead atoms. The molecule has 0 radical (unpaired) electrons. The number of benzene rings is 1. The number of nitrogens with one attached hydrogen (secondary N) is 1. The average molecular weight is 393 g/mol. The van der Waals surface area contributed by atoms with Crippen LogP contribution in [0.4, 0.5) is 0 Å². The molecule has 148 valence electrons. The molecule has 1 atom stereocenters. The zero-order chi connectivity index (χ0) is 20.0. The maximum absolute atomic E-state index is 12.6. The summed E-state index contributed by atoms with van der Waals surface area (Å²) in [5, 5.41) is 4.04. The molecule has 0 spiro atoms. The molecule has 0 fully saturated rings. The second kappa shape index (κ2) is 9.69. The lowest BCUT2D eigenvalue weighted by Gasteiger charge is -2.27. The molecule has 1 heterocycles. The first-order chi connectivity index (χ1) is 12.9. The highest BCUT2D eigenvalue weighted by Crippen LogP contribution is 2.39. The molecule has 27 heavy (non-hydrogen) atoms. The highest BCUT2D eigenvalue weighted by Gasteiger charge is 2.32. The first-order valence-electron chi connectivity index (χ1n) is 8.98. The molecule has 0 saturated carbocycles. The molecular weight excluding hydrogens is 364 g/mol. The number of hydrogen-bond acceptors (Lipinski definition) is 7. The Morgan fingerprint density at radius 2 is 2.04 bits per heavy atom. The van der Waals surface area contributed by atoms with Gasteiger partial charge in [0.1, 0.15) is 17.5 Å². The van der Waals surface area contributed by atoms with Crippen molar-refractivity contribution < 1.29 is 19.0 Å². The van der Waals surface area contributed by atoms with E-state index in [1.165, 1.54) is 0 Å². The van der Waals surface area contributed by atoms with Crippen LogP contribution in [-0.4, -0.2) is 37.7 Å². The van der Waals surface area contributed by atoms with E-state index in [-0.39, 0.29) is 5.97 Å². The van der Waals surface area contributed by atoms with Gasteiger partial charge in [-0.15, -0.1) is 0 Å². The zero-order valence-electron chi connectivity index (χ0n) is 16.8. The third-order valence-electron chi connectivity index (χ3n) is 4.00. The SMILES string of the molecule is CCOC(=O)C1=C(C)NC(SCC(C)C)=N[C@H]1c1ccc(OC)cc1OC. The van der Waals surface area contributed by atoms with Crippen LogP contribution in [0.1, 0.15) is 39.3 Å². The van der Waals surface area contributed by atoms with Gasteiger partial charge in [-0.05, 0) is 31.9 Å². The van der Waals surface area contributed by atoms with E-state index in [9.17, 15) is 4.79 Å². The normalized spacial score (nSPS) is 16.7. The Morgan fingerprint density at radius 3 is 2.63 bits per heavy atom. The summed E-state index contributed by atoms with van der Waals surface area (Å²) in [5.41, 5.74) is 2.04. The summed E-state index contributed by atoms with van der Waals surface area (Å²) < 4.78 is 16.1. The Hall–Kier alpha value is -2.15. The van der Waals surface area contributed by atoms with Crippen molar-refractivity contribution in [1.82, 2.24) is 5.32 Å². The van der Waals surface area contributed by atoms with Gasteiger partial charge in [-0.2, -0.15) is 0 Å². The molecule has 2 rings (SSSR count). The molecule has 1 aliphatic heterocycles. The van der Waals surface area contributed by atoms with Crippen molar-refractivity contribution >= 4 is 22.9 Å². The molecule has 6 nitrogen and oxygen atoms in total. The quantitative estimate of drug-likeness (QED) is 0.709. The molecule has 0 unspecified atom stereocenters. The van der Waals surface area contributed by atoms with Crippen LogP contribution in [0.25, 0.3) is 0 Å². The van der Waals surface area contributed by atoms with Crippen LogP contribution in [0, 0.1) is 5.92 Å². The van der Waals surface area contributed by atoms with Crippen LogP contribution >= 0.6 is 11.8 Å². The van der Waals surface area contributed by atoms with Gasteiger partial charge in [0.25, 0.3) is 0 Å².